The fourth-order valence-electron chi connectivity index (χ4n) is 2.00. The fraction of sp³-hybridized carbons (Fsp3) is 0.312. The molecular weight excluding hydrogens is 312 g/mol. The smallest absolute Gasteiger partial charge is 0.321 e. The molecule has 1 aromatic carbocycles. The van der Waals surface area contributed by atoms with Crippen molar-refractivity contribution >= 4 is 29.0 Å². The van der Waals surface area contributed by atoms with Crippen LogP contribution in [-0.2, 0) is 4.79 Å². The summed E-state index contributed by atoms with van der Waals surface area (Å²) in [6, 6.07) is 6.66. The van der Waals surface area contributed by atoms with Crippen LogP contribution >= 0.6 is 11.3 Å². The van der Waals surface area contributed by atoms with Crippen LogP contribution in [-0.4, -0.2) is 29.5 Å². The van der Waals surface area contributed by atoms with Gasteiger partial charge in [-0.05, 0) is 32.9 Å². The van der Waals surface area contributed by atoms with E-state index in [0.29, 0.717) is 6.54 Å². The molecule has 0 aliphatic heterocycles. The first-order valence-electron chi connectivity index (χ1n) is 7.37. The molecule has 1 heterocycles. The minimum atomic E-state index is -0.537. The normalized spacial score (nSPS) is 11.6. The monoisotopic (exact) mass is 332 g/mol. The first-order chi connectivity index (χ1) is 11.0. The third-order valence-electron chi connectivity index (χ3n) is 3.13. The Hall–Kier alpha value is -2.41. The predicted octanol–water partition coefficient (Wildman–Crippen LogP) is 2.76. The van der Waals surface area contributed by atoms with Crippen LogP contribution in [0.25, 0.3) is 11.3 Å². The summed E-state index contributed by atoms with van der Waals surface area (Å²) in [4.78, 5) is 27.8. The van der Waals surface area contributed by atoms with E-state index in [1.165, 1.54) is 0 Å². The van der Waals surface area contributed by atoms with E-state index in [9.17, 15) is 9.59 Å². The lowest BCUT2D eigenvalue weighted by molar-refractivity contribution is -0.120. The number of imide groups is 1. The summed E-state index contributed by atoms with van der Waals surface area (Å²) in [5.41, 5.74) is 2.69. The number of hydrogen-bond acceptors (Lipinski definition) is 5. The Labute approximate surface area is 139 Å². The van der Waals surface area contributed by atoms with Crippen molar-refractivity contribution < 1.29 is 9.59 Å². The molecule has 0 aliphatic rings. The zero-order valence-electron chi connectivity index (χ0n) is 13.3. The number of carbonyl (C=O) groups is 2. The lowest BCUT2D eigenvalue weighted by Gasteiger charge is -2.15. The van der Waals surface area contributed by atoms with Crippen LogP contribution in [0.5, 0.6) is 0 Å². The second kappa shape index (κ2) is 7.73. The molecule has 23 heavy (non-hydrogen) atoms. The van der Waals surface area contributed by atoms with Crippen LogP contribution in [0, 0.1) is 6.92 Å². The van der Waals surface area contributed by atoms with Gasteiger partial charge in [0.25, 0.3) is 0 Å². The Balaban J connectivity index is 2.02. The zero-order valence-corrected chi connectivity index (χ0v) is 14.2. The molecule has 1 atom stereocenters. The third-order valence-corrected chi connectivity index (χ3v) is 3.90. The molecule has 3 N–H and O–H groups in total. The molecule has 7 heteroatoms. The van der Waals surface area contributed by atoms with Crippen molar-refractivity contribution in [2.24, 2.45) is 0 Å². The lowest BCUT2D eigenvalue weighted by atomic mass is 10.1. The topological polar surface area (TPSA) is 83.1 Å². The van der Waals surface area contributed by atoms with Gasteiger partial charge in [-0.2, -0.15) is 0 Å². The van der Waals surface area contributed by atoms with Crippen LogP contribution in [0.15, 0.2) is 29.6 Å². The average molecular weight is 332 g/mol. The van der Waals surface area contributed by atoms with Gasteiger partial charge in [-0.25, -0.2) is 9.78 Å². The first-order valence-corrected chi connectivity index (χ1v) is 8.25. The van der Waals surface area contributed by atoms with Gasteiger partial charge in [0, 0.05) is 23.2 Å². The van der Waals surface area contributed by atoms with Gasteiger partial charge in [-0.1, -0.05) is 12.1 Å². The highest BCUT2D eigenvalue weighted by atomic mass is 32.1. The number of aryl methyl sites for hydroxylation is 1. The van der Waals surface area contributed by atoms with E-state index in [4.69, 9.17) is 0 Å². The quantitative estimate of drug-likeness (QED) is 0.786. The van der Waals surface area contributed by atoms with E-state index >= 15 is 0 Å². The van der Waals surface area contributed by atoms with Crippen molar-refractivity contribution in [3.05, 3.63) is 34.7 Å². The van der Waals surface area contributed by atoms with Gasteiger partial charge in [-0.3, -0.25) is 10.1 Å². The number of hydrogen-bond donors (Lipinski definition) is 3. The summed E-state index contributed by atoms with van der Waals surface area (Å²) in [6.07, 6.45) is 0. The van der Waals surface area contributed by atoms with E-state index in [-0.39, 0.29) is 5.91 Å². The maximum Gasteiger partial charge on any atom is 0.321 e. The number of nitrogens with one attached hydrogen (secondary N) is 3. The predicted molar refractivity (Wildman–Crippen MR) is 92.6 cm³/mol. The average Bonchev–Trinajstić information content (AvgIpc) is 2.94. The van der Waals surface area contributed by atoms with Crippen molar-refractivity contribution in [2.45, 2.75) is 26.8 Å². The van der Waals surface area contributed by atoms with Crippen molar-refractivity contribution in [2.75, 3.05) is 11.9 Å². The molecule has 0 bridgehead atoms. The summed E-state index contributed by atoms with van der Waals surface area (Å²) < 4.78 is 0. The number of thiazole rings is 1. The molecule has 2 aromatic rings. The molecule has 122 valence electrons. The Morgan fingerprint density at radius 3 is 2.78 bits per heavy atom. The Morgan fingerprint density at radius 2 is 2.13 bits per heavy atom. The Bertz CT molecular complexity index is 699. The number of aromatic nitrogens is 1. The summed E-state index contributed by atoms with van der Waals surface area (Å²) in [5, 5.41) is 10.9. The highest BCUT2D eigenvalue weighted by Crippen LogP contribution is 2.24. The van der Waals surface area contributed by atoms with Crippen LogP contribution in [0.2, 0.25) is 0 Å². The van der Waals surface area contributed by atoms with Crippen LogP contribution in [0.1, 0.15) is 18.9 Å². The van der Waals surface area contributed by atoms with Crippen LogP contribution in [0.4, 0.5) is 10.5 Å². The maximum absolute atomic E-state index is 11.9. The molecule has 0 fully saturated rings. The van der Waals surface area contributed by atoms with Gasteiger partial charge in [0.05, 0.1) is 10.7 Å². The SMILES string of the molecule is CCNC(=O)NC(=O)[C@@H](C)Nc1cccc(-c2csc(C)n2)c1. The van der Waals surface area contributed by atoms with Gasteiger partial charge in [0.2, 0.25) is 5.91 Å². The van der Waals surface area contributed by atoms with Gasteiger partial charge in [-0.15, -0.1) is 11.3 Å². The van der Waals surface area contributed by atoms with Crippen molar-refractivity contribution in [3.63, 3.8) is 0 Å². The number of amides is 3. The number of anilines is 1. The number of urea groups is 1. The van der Waals surface area contributed by atoms with Crippen molar-refractivity contribution in [1.29, 1.82) is 0 Å². The first kappa shape index (κ1) is 17.0. The number of benzene rings is 1. The van der Waals surface area contributed by atoms with Crippen LogP contribution in [0.3, 0.4) is 0 Å². The molecule has 0 radical (unpaired) electrons. The lowest BCUT2D eigenvalue weighted by Crippen LogP contribution is -2.45. The molecular formula is C16H20N4O2S. The minimum absolute atomic E-state index is 0.383. The Kier molecular flexibility index (Phi) is 5.70. The fourth-order valence-corrected chi connectivity index (χ4v) is 2.63. The van der Waals surface area contributed by atoms with E-state index in [0.717, 1.165) is 22.0 Å². The highest BCUT2D eigenvalue weighted by molar-refractivity contribution is 7.09. The van der Waals surface area contributed by atoms with Crippen molar-refractivity contribution in [1.82, 2.24) is 15.6 Å². The maximum atomic E-state index is 11.9. The molecule has 6 nitrogen and oxygen atoms in total. The molecule has 0 unspecified atom stereocenters. The summed E-state index contributed by atoms with van der Waals surface area (Å²) in [6.45, 7) is 5.92. The second-order valence-corrected chi connectivity index (χ2v) is 6.11. The van der Waals surface area contributed by atoms with E-state index in [1.54, 1.807) is 25.2 Å². The van der Waals surface area contributed by atoms with Gasteiger partial charge in [0.1, 0.15) is 6.04 Å². The molecule has 0 aliphatic carbocycles. The summed E-state index contributed by atoms with van der Waals surface area (Å²) in [7, 11) is 0. The second-order valence-electron chi connectivity index (χ2n) is 5.05. The summed E-state index contributed by atoms with van der Waals surface area (Å²) >= 11 is 1.60. The largest absolute Gasteiger partial charge is 0.374 e. The van der Waals surface area contributed by atoms with Crippen molar-refractivity contribution in [3.8, 4) is 11.3 Å². The molecule has 0 spiro atoms. The van der Waals surface area contributed by atoms with E-state index in [2.05, 4.69) is 20.9 Å². The number of nitrogens with zero attached hydrogens (tertiary/aromatic N) is 1. The number of rotatable bonds is 5. The molecule has 0 saturated heterocycles. The highest BCUT2D eigenvalue weighted by Gasteiger charge is 2.15. The van der Waals surface area contributed by atoms with Crippen LogP contribution < -0.4 is 16.0 Å². The standard InChI is InChI=1S/C16H20N4O2S/c1-4-17-16(22)20-15(21)10(2)18-13-7-5-6-12(8-13)14-9-23-11(3)19-14/h5-10,18H,4H2,1-3H3,(H2,17,20,21,22)/t10-/m1/s1. The zero-order chi connectivity index (χ0) is 16.8. The number of carbonyl (C=O) groups excluding carboxylic acids is 2. The molecule has 0 saturated carbocycles. The molecule has 3 amide bonds. The molecule has 1 aromatic heterocycles. The van der Waals surface area contributed by atoms with Gasteiger partial charge in [0.15, 0.2) is 0 Å². The van der Waals surface area contributed by atoms with E-state index in [1.807, 2.05) is 36.6 Å². The van der Waals surface area contributed by atoms with Gasteiger partial charge >= 0.3 is 6.03 Å². The minimum Gasteiger partial charge on any atom is -0.374 e. The van der Waals surface area contributed by atoms with Gasteiger partial charge < -0.3 is 10.6 Å². The molecule has 2 rings (SSSR count). The van der Waals surface area contributed by atoms with E-state index < -0.39 is 12.1 Å². The summed E-state index contributed by atoms with van der Waals surface area (Å²) in [5.74, 6) is -0.383. The third kappa shape index (κ3) is 4.79. The Morgan fingerprint density at radius 1 is 1.35 bits per heavy atom.